The van der Waals surface area contributed by atoms with E-state index in [-0.39, 0.29) is 56.5 Å². The zero-order valence-electron chi connectivity index (χ0n) is 21.8. The van der Waals surface area contributed by atoms with E-state index in [2.05, 4.69) is 5.32 Å². The van der Waals surface area contributed by atoms with Gasteiger partial charge in [0.15, 0.2) is 11.5 Å². The van der Waals surface area contributed by atoms with Gasteiger partial charge in [0.2, 0.25) is 5.43 Å². The van der Waals surface area contributed by atoms with Crippen LogP contribution in [-0.4, -0.2) is 75.6 Å². The van der Waals surface area contributed by atoms with Crippen molar-refractivity contribution in [2.45, 2.75) is 38.9 Å². The number of methoxy groups -OCH3 is 1. The van der Waals surface area contributed by atoms with Gasteiger partial charge in [-0.3, -0.25) is 18.9 Å². The van der Waals surface area contributed by atoms with Gasteiger partial charge in [0, 0.05) is 50.7 Å². The van der Waals surface area contributed by atoms with Crippen molar-refractivity contribution in [3.63, 3.8) is 0 Å². The number of amides is 1. The first-order valence-electron chi connectivity index (χ1n) is 12.2. The molecule has 1 aliphatic rings. The number of benzene rings is 1. The van der Waals surface area contributed by atoms with Gasteiger partial charge in [0.25, 0.3) is 5.91 Å². The van der Waals surface area contributed by atoms with Gasteiger partial charge in [-0.05, 0) is 32.5 Å². The largest absolute Gasteiger partial charge is 0.503 e. The average Bonchev–Trinajstić information content (AvgIpc) is 2.85. The molecule has 2 unspecified atom stereocenters. The number of fused-ring (bicyclic) bond motifs is 1. The van der Waals surface area contributed by atoms with Crippen LogP contribution in [0, 0.1) is 17.0 Å². The van der Waals surface area contributed by atoms with Gasteiger partial charge in [0.05, 0.1) is 11.6 Å². The molecule has 0 radical (unpaired) electrons. The number of Topliss-reactive ketones (excluding diaryl/α,β-unsaturated/α-hetero) is 1. The molecule has 1 aromatic heterocycles. The molecule has 0 aliphatic carbocycles. The molecule has 1 aliphatic heterocycles. The Hall–Kier alpha value is -2.96. The van der Waals surface area contributed by atoms with E-state index in [1.54, 1.807) is 18.9 Å². The lowest BCUT2D eigenvalue weighted by Gasteiger charge is -2.46. The van der Waals surface area contributed by atoms with E-state index in [1.165, 1.54) is 11.7 Å². The van der Waals surface area contributed by atoms with Crippen molar-refractivity contribution in [3.8, 4) is 5.75 Å². The summed E-state index contributed by atoms with van der Waals surface area (Å²) in [6.45, 7) is 1.81. The minimum absolute atomic E-state index is 0.0203. The molecule has 2 heterocycles. The second-order valence-corrected chi connectivity index (χ2v) is 11.6. The maximum Gasteiger partial charge on any atom is 0.325 e. The molecule has 11 nitrogen and oxygen atoms in total. The van der Waals surface area contributed by atoms with Gasteiger partial charge in [-0.15, -0.1) is 0 Å². The molecule has 0 spiro atoms. The van der Waals surface area contributed by atoms with Gasteiger partial charge in [-0.25, -0.2) is 8.78 Å². The van der Waals surface area contributed by atoms with Crippen molar-refractivity contribution in [2.24, 2.45) is 5.41 Å². The third kappa shape index (κ3) is 6.79. The fraction of sp³-hybridized carbons (Fsp3) is 0.480. The van der Waals surface area contributed by atoms with Gasteiger partial charge in [-0.1, -0.05) is 13.0 Å². The summed E-state index contributed by atoms with van der Waals surface area (Å²) in [6, 6.07) is 2.28. The number of carbonyl (C=O) groups is 2. The predicted molar refractivity (Wildman–Crippen MR) is 137 cm³/mol. The molecule has 214 valence electrons. The lowest BCUT2D eigenvalue weighted by Crippen LogP contribution is -2.56. The smallest absolute Gasteiger partial charge is 0.325 e. The molecule has 0 saturated heterocycles. The predicted octanol–water partition coefficient (Wildman–Crippen LogP) is 1.87. The molecule has 4 N–H and O–H groups in total. The third-order valence-electron chi connectivity index (χ3n) is 7.11. The van der Waals surface area contributed by atoms with Crippen molar-refractivity contribution < 1.29 is 42.6 Å². The van der Waals surface area contributed by atoms with Crippen LogP contribution in [-0.2, 0) is 22.4 Å². The first-order chi connectivity index (χ1) is 18.2. The van der Waals surface area contributed by atoms with E-state index in [0.717, 1.165) is 18.3 Å². The fourth-order valence-electron chi connectivity index (χ4n) is 4.84. The molecule has 3 rings (SSSR count). The highest BCUT2D eigenvalue weighted by Crippen LogP contribution is 2.41. The maximum absolute atomic E-state index is 14.0. The quantitative estimate of drug-likeness (QED) is 0.296. The van der Waals surface area contributed by atoms with E-state index in [1.807, 2.05) is 0 Å². The standard InChI is InChI=1S/C25H32F2N3O8P/c1-25(7-9-38-3)19(29(2)8-4-10-39(35,36)37)14-30-13-17(21(31)22(32)20(30)23(25)33)24(34)28-12-15-5-6-16(26)11-18(15)27/h5-6,11,13,19,32H,4,7-10,12,14H2,1-3H3,(H,28,34)(H2,35,36,37). The number of hydrogen-bond donors (Lipinski definition) is 4. The number of aromatic hydroxyl groups is 1. The molecular weight excluding hydrogens is 539 g/mol. The molecule has 0 bridgehead atoms. The molecule has 14 heteroatoms. The van der Waals surface area contributed by atoms with Crippen LogP contribution in [0.2, 0.25) is 0 Å². The summed E-state index contributed by atoms with van der Waals surface area (Å²) in [7, 11) is -1.05. The number of likely N-dealkylation sites (N-methyl/N-ethyl adjacent to an activating group) is 1. The topological polar surface area (TPSA) is 158 Å². The molecule has 1 aromatic carbocycles. The second kappa shape index (κ2) is 12.1. The Morgan fingerprint density at radius 3 is 2.62 bits per heavy atom. The van der Waals surface area contributed by atoms with Crippen molar-refractivity contribution >= 4 is 19.3 Å². The summed E-state index contributed by atoms with van der Waals surface area (Å²) in [5, 5.41) is 13.1. The van der Waals surface area contributed by atoms with Crippen molar-refractivity contribution in [1.29, 1.82) is 0 Å². The van der Waals surface area contributed by atoms with Crippen molar-refractivity contribution in [3.05, 3.63) is 63.1 Å². The Balaban J connectivity index is 1.94. The molecule has 0 fully saturated rings. The number of ether oxygens (including phenoxy) is 1. The number of nitrogens with one attached hydrogen (secondary N) is 1. The molecule has 1 amide bonds. The van der Waals surface area contributed by atoms with Crippen LogP contribution in [0.15, 0.2) is 29.2 Å². The second-order valence-electron chi connectivity index (χ2n) is 9.87. The third-order valence-corrected chi connectivity index (χ3v) is 8.01. The monoisotopic (exact) mass is 571 g/mol. The minimum atomic E-state index is -4.21. The van der Waals surface area contributed by atoms with Gasteiger partial charge in [0.1, 0.15) is 22.9 Å². The van der Waals surface area contributed by atoms with Crippen molar-refractivity contribution in [1.82, 2.24) is 14.8 Å². The fourth-order valence-corrected chi connectivity index (χ4v) is 5.39. The van der Waals surface area contributed by atoms with Crippen LogP contribution in [0.3, 0.4) is 0 Å². The first-order valence-corrected chi connectivity index (χ1v) is 14.0. The number of carbonyl (C=O) groups excluding carboxylic acids is 2. The molecule has 39 heavy (non-hydrogen) atoms. The van der Waals surface area contributed by atoms with E-state index in [0.29, 0.717) is 6.07 Å². The normalized spacial score (nSPS) is 19.3. The number of aromatic nitrogens is 1. The Bertz CT molecular complexity index is 1360. The van der Waals surface area contributed by atoms with Gasteiger partial charge < -0.3 is 34.4 Å². The summed E-state index contributed by atoms with van der Waals surface area (Å²) in [5.74, 6) is -4.05. The van der Waals surface area contributed by atoms with Crippen LogP contribution < -0.4 is 10.7 Å². The Morgan fingerprint density at radius 1 is 1.31 bits per heavy atom. The number of pyridine rings is 1. The van der Waals surface area contributed by atoms with Gasteiger partial charge in [-0.2, -0.15) is 0 Å². The summed E-state index contributed by atoms with van der Waals surface area (Å²) in [4.78, 5) is 59.7. The Labute approximate surface area is 223 Å². The van der Waals surface area contributed by atoms with E-state index in [4.69, 9.17) is 4.74 Å². The summed E-state index contributed by atoms with van der Waals surface area (Å²) >= 11 is 0. The molecular formula is C25H32F2N3O8P. The molecule has 2 aromatic rings. The van der Waals surface area contributed by atoms with Crippen molar-refractivity contribution in [2.75, 3.05) is 33.5 Å². The molecule has 0 saturated carbocycles. The maximum atomic E-state index is 14.0. The number of rotatable bonds is 11. The highest BCUT2D eigenvalue weighted by Gasteiger charge is 2.49. The number of ketones is 1. The van der Waals surface area contributed by atoms with E-state index < -0.39 is 59.1 Å². The summed E-state index contributed by atoms with van der Waals surface area (Å²) < 4.78 is 44.9. The first kappa shape index (κ1) is 30.6. The lowest BCUT2D eigenvalue weighted by molar-refractivity contribution is 0.0280. The number of hydrogen-bond acceptors (Lipinski definition) is 7. The van der Waals surface area contributed by atoms with Crippen LogP contribution in [0.1, 0.15) is 46.2 Å². The van der Waals surface area contributed by atoms with E-state index >= 15 is 0 Å². The van der Waals surface area contributed by atoms with Crippen LogP contribution in [0.5, 0.6) is 5.75 Å². The highest BCUT2D eigenvalue weighted by atomic mass is 31.2. The zero-order valence-corrected chi connectivity index (χ0v) is 22.7. The van der Waals surface area contributed by atoms with Crippen LogP contribution in [0.25, 0.3) is 0 Å². The highest BCUT2D eigenvalue weighted by molar-refractivity contribution is 7.51. The zero-order chi connectivity index (χ0) is 29.1. The van der Waals surface area contributed by atoms with Gasteiger partial charge >= 0.3 is 7.60 Å². The lowest BCUT2D eigenvalue weighted by atomic mass is 9.71. The molecule has 2 atom stereocenters. The SMILES string of the molecule is COCCC1(C)C(=O)c2c(O)c(=O)c(C(=O)NCc3ccc(F)cc3F)cn2CC1N(C)CCCP(=O)(O)O. The Kier molecular flexibility index (Phi) is 9.45. The summed E-state index contributed by atoms with van der Waals surface area (Å²) in [5.41, 5.74) is -2.97. The summed E-state index contributed by atoms with van der Waals surface area (Å²) in [6.07, 6.45) is 1.20. The van der Waals surface area contributed by atoms with Crippen LogP contribution in [0.4, 0.5) is 8.78 Å². The Morgan fingerprint density at radius 2 is 2.00 bits per heavy atom. The average molecular weight is 572 g/mol. The van der Waals surface area contributed by atoms with Crippen LogP contribution >= 0.6 is 7.60 Å². The number of nitrogens with zero attached hydrogens (tertiary/aromatic N) is 2. The minimum Gasteiger partial charge on any atom is -0.503 e. The van der Waals surface area contributed by atoms with E-state index in [9.17, 15) is 42.6 Å². The number of halogens is 2.